The van der Waals surface area contributed by atoms with Crippen LogP contribution in [-0.2, 0) is 4.79 Å². The van der Waals surface area contributed by atoms with Crippen LogP contribution in [0.25, 0.3) is 0 Å². The van der Waals surface area contributed by atoms with Crippen LogP contribution < -0.4 is 15.4 Å². The van der Waals surface area contributed by atoms with Gasteiger partial charge in [-0.25, -0.2) is 0 Å². The molecule has 1 amide bonds. The Balaban J connectivity index is 1.94. The van der Waals surface area contributed by atoms with Gasteiger partial charge in [0.2, 0.25) is 5.91 Å². The van der Waals surface area contributed by atoms with Crippen LogP contribution in [-0.4, -0.2) is 25.6 Å². The van der Waals surface area contributed by atoms with E-state index in [0.717, 1.165) is 30.7 Å². The molecule has 1 fully saturated rings. The molecule has 0 bridgehead atoms. The van der Waals surface area contributed by atoms with Gasteiger partial charge < -0.3 is 15.4 Å². The number of piperidine rings is 1. The van der Waals surface area contributed by atoms with Gasteiger partial charge in [0.05, 0.1) is 19.2 Å². The van der Waals surface area contributed by atoms with Gasteiger partial charge in [-0.3, -0.25) is 4.79 Å². The second kappa shape index (κ2) is 7.46. The minimum absolute atomic E-state index is 0.0172. The van der Waals surface area contributed by atoms with E-state index in [1.165, 1.54) is 6.42 Å². The highest BCUT2D eigenvalue weighted by atomic mass is 16.5. The zero-order valence-electron chi connectivity index (χ0n) is 13.2. The van der Waals surface area contributed by atoms with Gasteiger partial charge in [-0.05, 0) is 49.9 Å². The van der Waals surface area contributed by atoms with Crippen LogP contribution in [0, 0.1) is 5.92 Å². The molecular weight excluding hydrogens is 264 g/mol. The summed E-state index contributed by atoms with van der Waals surface area (Å²) in [6.45, 7) is 5.14. The topological polar surface area (TPSA) is 50.4 Å². The van der Waals surface area contributed by atoms with Gasteiger partial charge in [0, 0.05) is 0 Å². The molecule has 2 N–H and O–H groups in total. The lowest BCUT2D eigenvalue weighted by Crippen LogP contribution is -2.49. The number of hydrogen-bond acceptors (Lipinski definition) is 3. The predicted octanol–water partition coefficient (Wildman–Crippen LogP) is 2.65. The Kier molecular flexibility index (Phi) is 5.62. The van der Waals surface area contributed by atoms with Crippen molar-refractivity contribution in [2.45, 2.75) is 45.2 Å². The number of carbonyl (C=O) groups excluding carboxylic acids is 1. The average molecular weight is 290 g/mol. The number of amides is 1. The fourth-order valence-corrected chi connectivity index (χ4v) is 2.87. The Morgan fingerprint density at radius 3 is 3.05 bits per heavy atom. The molecule has 0 aromatic heterocycles. The fraction of sp³-hybridized carbons (Fsp3) is 0.588. The first-order valence-electron chi connectivity index (χ1n) is 7.81. The highest BCUT2D eigenvalue weighted by molar-refractivity contribution is 5.82. The lowest BCUT2D eigenvalue weighted by atomic mass is 9.90. The molecule has 4 heteroatoms. The highest BCUT2D eigenvalue weighted by Gasteiger charge is 2.26. The third-order valence-electron chi connectivity index (χ3n) is 4.36. The van der Waals surface area contributed by atoms with E-state index < -0.39 is 0 Å². The van der Waals surface area contributed by atoms with E-state index in [1.807, 2.05) is 31.2 Å². The largest absolute Gasteiger partial charge is 0.497 e. The van der Waals surface area contributed by atoms with Crippen molar-refractivity contribution in [1.29, 1.82) is 0 Å². The van der Waals surface area contributed by atoms with E-state index >= 15 is 0 Å². The quantitative estimate of drug-likeness (QED) is 0.876. The van der Waals surface area contributed by atoms with Crippen molar-refractivity contribution in [2.24, 2.45) is 5.92 Å². The zero-order valence-corrected chi connectivity index (χ0v) is 13.2. The van der Waals surface area contributed by atoms with Crippen LogP contribution in [0.1, 0.15) is 44.7 Å². The summed E-state index contributed by atoms with van der Waals surface area (Å²) in [7, 11) is 1.65. The van der Waals surface area contributed by atoms with Crippen LogP contribution in [0.15, 0.2) is 24.3 Å². The molecule has 0 aliphatic carbocycles. The lowest BCUT2D eigenvalue weighted by molar-refractivity contribution is -0.124. The summed E-state index contributed by atoms with van der Waals surface area (Å²) in [5.74, 6) is 1.58. The third kappa shape index (κ3) is 4.21. The minimum atomic E-state index is -0.0586. The van der Waals surface area contributed by atoms with Crippen molar-refractivity contribution < 1.29 is 9.53 Å². The minimum Gasteiger partial charge on any atom is -0.497 e. The molecule has 1 heterocycles. The normalized spacial score (nSPS) is 23.4. The maximum absolute atomic E-state index is 12.4. The Labute approximate surface area is 127 Å². The first kappa shape index (κ1) is 15.8. The molecule has 2 rings (SSSR count). The van der Waals surface area contributed by atoms with E-state index in [2.05, 4.69) is 17.6 Å². The molecular formula is C17H26N2O2. The summed E-state index contributed by atoms with van der Waals surface area (Å²) >= 11 is 0. The molecule has 116 valence electrons. The van der Waals surface area contributed by atoms with Crippen LogP contribution in [0.4, 0.5) is 0 Å². The van der Waals surface area contributed by atoms with Gasteiger partial charge in [-0.15, -0.1) is 0 Å². The van der Waals surface area contributed by atoms with Crippen molar-refractivity contribution in [1.82, 2.24) is 10.6 Å². The van der Waals surface area contributed by atoms with Crippen LogP contribution in [0.2, 0.25) is 0 Å². The predicted molar refractivity (Wildman–Crippen MR) is 84.4 cm³/mol. The first-order valence-corrected chi connectivity index (χ1v) is 7.81. The first-order chi connectivity index (χ1) is 10.1. The average Bonchev–Trinajstić information content (AvgIpc) is 2.54. The van der Waals surface area contributed by atoms with Gasteiger partial charge in [0.25, 0.3) is 0 Å². The van der Waals surface area contributed by atoms with Crippen molar-refractivity contribution in [3.63, 3.8) is 0 Å². The molecule has 0 spiro atoms. The van der Waals surface area contributed by atoms with Crippen molar-refractivity contribution in [3.8, 4) is 5.75 Å². The van der Waals surface area contributed by atoms with Gasteiger partial charge >= 0.3 is 0 Å². The van der Waals surface area contributed by atoms with E-state index in [4.69, 9.17) is 4.74 Å². The Morgan fingerprint density at radius 2 is 2.33 bits per heavy atom. The molecule has 0 saturated carbocycles. The van der Waals surface area contributed by atoms with E-state index in [0.29, 0.717) is 5.92 Å². The summed E-state index contributed by atoms with van der Waals surface area (Å²) in [4.78, 5) is 12.4. The van der Waals surface area contributed by atoms with E-state index in [1.54, 1.807) is 7.11 Å². The molecule has 1 aliphatic rings. The molecule has 1 aromatic carbocycles. The molecule has 3 atom stereocenters. The lowest BCUT2D eigenvalue weighted by Gasteiger charge is -2.30. The Morgan fingerprint density at radius 1 is 1.52 bits per heavy atom. The molecule has 4 nitrogen and oxygen atoms in total. The fourth-order valence-electron chi connectivity index (χ4n) is 2.87. The maximum Gasteiger partial charge on any atom is 0.237 e. The van der Waals surface area contributed by atoms with E-state index in [9.17, 15) is 4.79 Å². The van der Waals surface area contributed by atoms with Gasteiger partial charge in [-0.1, -0.05) is 25.5 Å². The highest BCUT2D eigenvalue weighted by Crippen LogP contribution is 2.21. The van der Waals surface area contributed by atoms with Gasteiger partial charge in [0.1, 0.15) is 5.75 Å². The van der Waals surface area contributed by atoms with Crippen molar-refractivity contribution >= 4 is 5.91 Å². The Bertz CT molecular complexity index is 476. The number of ether oxygens (including phenoxy) is 1. The van der Waals surface area contributed by atoms with Crippen LogP contribution in [0.3, 0.4) is 0 Å². The number of rotatable bonds is 5. The van der Waals surface area contributed by atoms with Crippen molar-refractivity contribution in [3.05, 3.63) is 29.8 Å². The standard InChI is InChI=1S/C17H26N2O2/c1-4-13-8-9-18-16(10-13)17(20)19-12(2)14-6-5-7-15(11-14)21-3/h5-7,11-13,16,18H,4,8-10H2,1-3H3,(H,19,20). The summed E-state index contributed by atoms with van der Waals surface area (Å²) in [6, 6.07) is 7.76. The summed E-state index contributed by atoms with van der Waals surface area (Å²) in [5, 5.41) is 6.43. The molecule has 21 heavy (non-hydrogen) atoms. The summed E-state index contributed by atoms with van der Waals surface area (Å²) < 4.78 is 5.23. The monoisotopic (exact) mass is 290 g/mol. The summed E-state index contributed by atoms with van der Waals surface area (Å²) in [5.41, 5.74) is 1.06. The molecule has 1 aromatic rings. The number of hydrogen-bond donors (Lipinski definition) is 2. The van der Waals surface area contributed by atoms with Crippen LogP contribution >= 0.6 is 0 Å². The molecule has 1 saturated heterocycles. The SMILES string of the molecule is CCC1CCNC(C(=O)NC(C)c2cccc(OC)c2)C1. The maximum atomic E-state index is 12.4. The van der Waals surface area contributed by atoms with E-state index in [-0.39, 0.29) is 18.0 Å². The van der Waals surface area contributed by atoms with Gasteiger partial charge in [-0.2, -0.15) is 0 Å². The number of benzene rings is 1. The second-order valence-electron chi connectivity index (χ2n) is 5.81. The number of nitrogens with one attached hydrogen (secondary N) is 2. The third-order valence-corrected chi connectivity index (χ3v) is 4.36. The number of carbonyl (C=O) groups is 1. The second-order valence-corrected chi connectivity index (χ2v) is 5.81. The van der Waals surface area contributed by atoms with Gasteiger partial charge in [0.15, 0.2) is 0 Å². The van der Waals surface area contributed by atoms with Crippen LogP contribution in [0.5, 0.6) is 5.75 Å². The summed E-state index contributed by atoms with van der Waals surface area (Å²) in [6.07, 6.45) is 3.26. The molecule has 0 radical (unpaired) electrons. The molecule has 1 aliphatic heterocycles. The smallest absolute Gasteiger partial charge is 0.237 e. The number of methoxy groups -OCH3 is 1. The Hall–Kier alpha value is -1.55. The molecule has 3 unspecified atom stereocenters. The zero-order chi connectivity index (χ0) is 15.2. The van der Waals surface area contributed by atoms with Crippen molar-refractivity contribution in [2.75, 3.05) is 13.7 Å².